The smallest absolute Gasteiger partial charge is 0.266 e. The van der Waals surface area contributed by atoms with Gasteiger partial charge >= 0.3 is 0 Å². The van der Waals surface area contributed by atoms with Gasteiger partial charge in [-0.1, -0.05) is 30.0 Å². The molecule has 8 heteroatoms. The lowest BCUT2D eigenvalue weighted by molar-refractivity contribution is 0.414. The number of rotatable bonds is 6. The molecule has 0 aliphatic carbocycles. The van der Waals surface area contributed by atoms with Gasteiger partial charge in [0.25, 0.3) is 5.56 Å². The van der Waals surface area contributed by atoms with Crippen LogP contribution in [-0.2, 0) is 5.75 Å². The van der Waals surface area contributed by atoms with Crippen molar-refractivity contribution in [3.8, 4) is 22.9 Å². The Morgan fingerprint density at radius 1 is 1.03 bits per heavy atom. The summed E-state index contributed by atoms with van der Waals surface area (Å²) in [6.07, 6.45) is 1.56. The fraction of sp³-hybridized carbons (Fsp3) is 0.0800. The van der Waals surface area contributed by atoms with E-state index in [1.807, 2.05) is 36.4 Å². The van der Waals surface area contributed by atoms with Gasteiger partial charge in [0.1, 0.15) is 17.8 Å². The van der Waals surface area contributed by atoms with Crippen molar-refractivity contribution >= 4 is 22.7 Å². The van der Waals surface area contributed by atoms with Gasteiger partial charge in [-0.2, -0.15) is 0 Å². The average Bonchev–Trinajstić information content (AvgIpc) is 3.32. The van der Waals surface area contributed by atoms with Crippen LogP contribution in [-0.4, -0.2) is 21.6 Å². The zero-order valence-electron chi connectivity index (χ0n) is 17.6. The van der Waals surface area contributed by atoms with Crippen LogP contribution in [0.1, 0.15) is 5.69 Å². The van der Waals surface area contributed by atoms with Crippen LogP contribution in [0.2, 0.25) is 0 Å². The van der Waals surface area contributed by atoms with E-state index in [2.05, 4.69) is 4.98 Å². The standard InChI is InChI=1S/C25H18FN3O3S/c1-31-20-6-4-5-19(13-20)29-24(30)21-7-2-3-8-22(21)28-25(29)33-15-18-14-32-23(27-18)16-9-11-17(26)12-10-16/h2-14H,15H2,1H3. The molecule has 0 aliphatic rings. The fourth-order valence-corrected chi connectivity index (χ4v) is 4.31. The number of oxazole rings is 1. The summed E-state index contributed by atoms with van der Waals surface area (Å²) < 4.78 is 25.7. The van der Waals surface area contributed by atoms with Gasteiger partial charge in [0.15, 0.2) is 5.16 Å². The van der Waals surface area contributed by atoms with Gasteiger partial charge in [-0.25, -0.2) is 14.4 Å². The summed E-state index contributed by atoms with van der Waals surface area (Å²) in [5.74, 6) is 1.16. The highest BCUT2D eigenvalue weighted by Gasteiger charge is 2.15. The number of methoxy groups -OCH3 is 1. The van der Waals surface area contributed by atoms with Crippen LogP contribution < -0.4 is 10.3 Å². The summed E-state index contributed by atoms with van der Waals surface area (Å²) in [6.45, 7) is 0. The predicted octanol–water partition coefficient (Wildman–Crippen LogP) is 5.48. The van der Waals surface area contributed by atoms with Crippen molar-refractivity contribution in [2.24, 2.45) is 0 Å². The Bertz CT molecular complexity index is 1500. The molecule has 0 amide bonds. The molecule has 5 rings (SSSR count). The molecule has 164 valence electrons. The second-order valence-electron chi connectivity index (χ2n) is 7.19. The number of halogens is 1. The van der Waals surface area contributed by atoms with Crippen molar-refractivity contribution in [2.45, 2.75) is 10.9 Å². The van der Waals surface area contributed by atoms with Crippen molar-refractivity contribution in [3.63, 3.8) is 0 Å². The first-order chi connectivity index (χ1) is 16.1. The van der Waals surface area contributed by atoms with E-state index in [9.17, 15) is 9.18 Å². The molecule has 0 bridgehead atoms. The molecule has 0 aliphatic heterocycles. The monoisotopic (exact) mass is 459 g/mol. The summed E-state index contributed by atoms with van der Waals surface area (Å²) in [5.41, 5.74) is 2.48. The van der Waals surface area contributed by atoms with E-state index in [0.717, 1.165) is 0 Å². The van der Waals surface area contributed by atoms with Gasteiger partial charge in [-0.3, -0.25) is 9.36 Å². The molecule has 0 saturated heterocycles. The predicted molar refractivity (Wildman–Crippen MR) is 125 cm³/mol. The van der Waals surface area contributed by atoms with E-state index in [1.165, 1.54) is 23.9 Å². The molecular weight excluding hydrogens is 441 g/mol. The highest BCUT2D eigenvalue weighted by molar-refractivity contribution is 7.98. The number of hydrogen-bond donors (Lipinski definition) is 0. The second kappa shape index (κ2) is 8.91. The minimum Gasteiger partial charge on any atom is -0.497 e. The molecular formula is C25H18FN3O3S. The van der Waals surface area contributed by atoms with E-state index in [4.69, 9.17) is 14.1 Å². The summed E-state index contributed by atoms with van der Waals surface area (Å²) in [5, 5.41) is 1.06. The van der Waals surface area contributed by atoms with Gasteiger partial charge in [0, 0.05) is 17.4 Å². The SMILES string of the molecule is COc1cccc(-n2c(SCc3coc(-c4ccc(F)cc4)n3)nc3ccccc3c2=O)c1. The molecule has 0 unspecified atom stereocenters. The fourth-order valence-electron chi connectivity index (χ4n) is 3.42. The van der Waals surface area contributed by atoms with Gasteiger partial charge < -0.3 is 9.15 Å². The van der Waals surface area contributed by atoms with E-state index < -0.39 is 0 Å². The van der Waals surface area contributed by atoms with Crippen molar-refractivity contribution in [3.05, 3.63) is 101 Å². The summed E-state index contributed by atoms with van der Waals surface area (Å²) in [4.78, 5) is 22.6. The van der Waals surface area contributed by atoms with Crippen LogP contribution in [0.3, 0.4) is 0 Å². The Balaban J connectivity index is 1.51. The third-order valence-corrected chi connectivity index (χ3v) is 6.02. The highest BCUT2D eigenvalue weighted by Crippen LogP contribution is 2.27. The van der Waals surface area contributed by atoms with Crippen LogP contribution >= 0.6 is 11.8 Å². The van der Waals surface area contributed by atoms with Crippen molar-refractivity contribution in [1.29, 1.82) is 0 Å². The zero-order chi connectivity index (χ0) is 22.8. The third-order valence-electron chi connectivity index (χ3n) is 5.05. The van der Waals surface area contributed by atoms with Crippen LogP contribution in [0.4, 0.5) is 4.39 Å². The molecule has 0 radical (unpaired) electrons. The number of benzene rings is 3. The molecule has 3 aromatic carbocycles. The first kappa shape index (κ1) is 21.0. The number of thioether (sulfide) groups is 1. The van der Waals surface area contributed by atoms with E-state index in [-0.39, 0.29) is 11.4 Å². The Morgan fingerprint density at radius 3 is 2.67 bits per heavy atom. The Hall–Kier alpha value is -3.91. The van der Waals surface area contributed by atoms with E-state index >= 15 is 0 Å². The van der Waals surface area contributed by atoms with Crippen molar-refractivity contribution < 1.29 is 13.5 Å². The first-order valence-corrected chi connectivity index (χ1v) is 11.1. The van der Waals surface area contributed by atoms with Crippen molar-refractivity contribution in [1.82, 2.24) is 14.5 Å². The number of aromatic nitrogens is 3. The van der Waals surface area contributed by atoms with Crippen LogP contribution in [0.15, 0.2) is 93.4 Å². The van der Waals surface area contributed by atoms with Crippen LogP contribution in [0.5, 0.6) is 5.75 Å². The Kier molecular flexibility index (Phi) is 5.66. The topological polar surface area (TPSA) is 70.2 Å². The molecule has 0 fully saturated rings. The maximum Gasteiger partial charge on any atom is 0.266 e. The lowest BCUT2D eigenvalue weighted by atomic mass is 10.2. The minimum atomic E-state index is -0.320. The molecule has 0 N–H and O–H groups in total. The quantitative estimate of drug-likeness (QED) is 0.247. The van der Waals surface area contributed by atoms with Gasteiger partial charge in [0.2, 0.25) is 5.89 Å². The second-order valence-corrected chi connectivity index (χ2v) is 8.14. The lowest BCUT2D eigenvalue weighted by Gasteiger charge is -2.13. The average molecular weight is 460 g/mol. The molecule has 0 spiro atoms. The largest absolute Gasteiger partial charge is 0.497 e. The Morgan fingerprint density at radius 2 is 1.85 bits per heavy atom. The molecule has 6 nitrogen and oxygen atoms in total. The summed E-state index contributed by atoms with van der Waals surface area (Å²) in [7, 11) is 1.58. The summed E-state index contributed by atoms with van der Waals surface area (Å²) in [6, 6.07) is 20.5. The molecule has 2 heterocycles. The van der Waals surface area contributed by atoms with Gasteiger partial charge in [0.05, 0.1) is 29.4 Å². The lowest BCUT2D eigenvalue weighted by Crippen LogP contribution is -2.21. The number of fused-ring (bicyclic) bond motifs is 1. The third kappa shape index (κ3) is 4.25. The van der Waals surface area contributed by atoms with Gasteiger partial charge in [-0.15, -0.1) is 0 Å². The molecule has 0 atom stereocenters. The number of nitrogens with zero attached hydrogens (tertiary/aromatic N) is 3. The maximum atomic E-state index is 13.4. The van der Waals surface area contributed by atoms with Crippen LogP contribution in [0.25, 0.3) is 28.0 Å². The van der Waals surface area contributed by atoms with E-state index in [1.54, 1.807) is 42.2 Å². The molecule has 5 aromatic rings. The number of hydrogen-bond acceptors (Lipinski definition) is 6. The maximum absolute atomic E-state index is 13.4. The molecule has 2 aromatic heterocycles. The first-order valence-electron chi connectivity index (χ1n) is 10.1. The normalized spacial score (nSPS) is 11.1. The summed E-state index contributed by atoms with van der Waals surface area (Å²) >= 11 is 1.38. The van der Waals surface area contributed by atoms with Gasteiger partial charge in [-0.05, 0) is 48.5 Å². The zero-order valence-corrected chi connectivity index (χ0v) is 18.4. The van der Waals surface area contributed by atoms with Crippen molar-refractivity contribution in [2.75, 3.05) is 7.11 Å². The Labute approximate surface area is 192 Å². The molecule has 0 saturated carbocycles. The van der Waals surface area contributed by atoms with E-state index in [0.29, 0.717) is 50.4 Å². The number of ether oxygens (including phenoxy) is 1. The van der Waals surface area contributed by atoms with Crippen LogP contribution in [0, 0.1) is 5.82 Å². The highest BCUT2D eigenvalue weighted by atomic mass is 32.2. The minimum absolute atomic E-state index is 0.163. The number of para-hydroxylation sites is 1. The molecule has 33 heavy (non-hydrogen) atoms.